The van der Waals surface area contributed by atoms with Gasteiger partial charge in [-0.25, -0.2) is 14.4 Å². The normalized spacial score (nSPS) is 16.4. The SMILES string of the molecule is COc1ccc2c(c1)nc(-c1ccc(F)c(C(F)(F)F)c1)n2-c1ccnc(NC2CCCNC2)n1. The second kappa shape index (κ2) is 9.14. The van der Waals surface area contributed by atoms with Crippen molar-refractivity contribution in [2.75, 3.05) is 25.5 Å². The first-order valence-electron chi connectivity index (χ1n) is 11.1. The van der Waals surface area contributed by atoms with Crippen LogP contribution in [0.3, 0.4) is 0 Å². The molecule has 2 aromatic carbocycles. The zero-order valence-electron chi connectivity index (χ0n) is 18.7. The third kappa shape index (κ3) is 4.63. The number of hydrogen-bond acceptors (Lipinski definition) is 6. The summed E-state index contributed by atoms with van der Waals surface area (Å²) in [5.41, 5.74) is -0.177. The van der Waals surface area contributed by atoms with Crippen LogP contribution in [0.4, 0.5) is 23.5 Å². The van der Waals surface area contributed by atoms with Gasteiger partial charge in [-0.1, -0.05) is 0 Å². The Labute approximate surface area is 198 Å². The van der Waals surface area contributed by atoms with Crippen molar-refractivity contribution in [1.82, 2.24) is 24.8 Å². The summed E-state index contributed by atoms with van der Waals surface area (Å²) in [6, 6.07) is 9.79. The number of methoxy groups -OCH3 is 1. The van der Waals surface area contributed by atoms with Gasteiger partial charge in [-0.2, -0.15) is 18.2 Å². The Kier molecular flexibility index (Phi) is 6.01. The number of anilines is 1. The molecule has 0 amide bonds. The molecule has 0 saturated carbocycles. The average Bonchev–Trinajstić information content (AvgIpc) is 3.23. The lowest BCUT2D eigenvalue weighted by Crippen LogP contribution is -2.38. The highest BCUT2D eigenvalue weighted by Gasteiger charge is 2.34. The van der Waals surface area contributed by atoms with E-state index in [0.29, 0.717) is 28.5 Å². The standard InChI is InChI=1S/C24H22F4N6O/c1-35-16-5-7-20-19(12-16)32-22(14-4-6-18(25)17(11-14)24(26,27)28)34(20)21-8-10-30-23(33-21)31-15-3-2-9-29-13-15/h4-8,10-12,15,29H,2-3,9,13H2,1H3,(H,30,31,33). The number of piperidine rings is 1. The molecule has 1 saturated heterocycles. The fourth-order valence-corrected chi connectivity index (χ4v) is 4.20. The van der Waals surface area contributed by atoms with Crippen molar-refractivity contribution in [3.63, 3.8) is 0 Å². The van der Waals surface area contributed by atoms with E-state index in [0.717, 1.165) is 38.1 Å². The Bertz CT molecular complexity index is 1360. The molecule has 0 aliphatic carbocycles. The maximum Gasteiger partial charge on any atom is 0.419 e. The van der Waals surface area contributed by atoms with Gasteiger partial charge in [-0.15, -0.1) is 0 Å². The van der Waals surface area contributed by atoms with E-state index in [1.54, 1.807) is 35.0 Å². The first-order chi connectivity index (χ1) is 16.8. The van der Waals surface area contributed by atoms with Crippen molar-refractivity contribution in [2.45, 2.75) is 25.1 Å². The molecule has 35 heavy (non-hydrogen) atoms. The van der Waals surface area contributed by atoms with Crippen molar-refractivity contribution in [3.8, 4) is 23.0 Å². The predicted molar refractivity (Wildman–Crippen MR) is 123 cm³/mol. The molecule has 3 heterocycles. The van der Waals surface area contributed by atoms with Crippen LogP contribution in [0.2, 0.25) is 0 Å². The minimum absolute atomic E-state index is 0.0958. The summed E-state index contributed by atoms with van der Waals surface area (Å²) in [7, 11) is 1.51. The molecule has 1 atom stereocenters. The molecular formula is C24H22F4N6O. The van der Waals surface area contributed by atoms with Gasteiger partial charge in [0.05, 0.1) is 23.7 Å². The van der Waals surface area contributed by atoms with Crippen molar-refractivity contribution in [3.05, 3.63) is 60.0 Å². The maximum absolute atomic E-state index is 14.0. The van der Waals surface area contributed by atoms with Crippen LogP contribution in [0, 0.1) is 5.82 Å². The van der Waals surface area contributed by atoms with Gasteiger partial charge in [-0.05, 0) is 55.8 Å². The molecule has 0 radical (unpaired) electrons. The number of ether oxygens (including phenoxy) is 1. The summed E-state index contributed by atoms with van der Waals surface area (Å²) in [5.74, 6) is 0.181. The van der Waals surface area contributed by atoms with Gasteiger partial charge in [0.25, 0.3) is 0 Å². The first kappa shape index (κ1) is 23.0. The van der Waals surface area contributed by atoms with Crippen LogP contribution in [0.5, 0.6) is 5.75 Å². The van der Waals surface area contributed by atoms with E-state index in [4.69, 9.17) is 4.74 Å². The number of aromatic nitrogens is 4. The predicted octanol–water partition coefficient (Wildman–Crippen LogP) is 4.81. The number of rotatable bonds is 5. The summed E-state index contributed by atoms with van der Waals surface area (Å²) < 4.78 is 61.2. The van der Waals surface area contributed by atoms with Crippen LogP contribution in [0.1, 0.15) is 18.4 Å². The van der Waals surface area contributed by atoms with Gasteiger partial charge in [0.15, 0.2) is 0 Å². The number of hydrogen-bond donors (Lipinski definition) is 2. The molecule has 2 aromatic heterocycles. The van der Waals surface area contributed by atoms with E-state index in [9.17, 15) is 17.6 Å². The molecule has 1 aliphatic rings. The van der Waals surface area contributed by atoms with E-state index in [2.05, 4.69) is 25.6 Å². The second-order valence-corrected chi connectivity index (χ2v) is 8.24. The van der Waals surface area contributed by atoms with Gasteiger partial charge in [0.2, 0.25) is 5.95 Å². The molecule has 1 unspecified atom stereocenters. The quantitative estimate of drug-likeness (QED) is 0.394. The molecule has 4 aromatic rings. The maximum atomic E-state index is 14.0. The number of nitrogens with zero attached hydrogens (tertiary/aromatic N) is 4. The highest BCUT2D eigenvalue weighted by atomic mass is 19.4. The highest BCUT2D eigenvalue weighted by Crippen LogP contribution is 2.36. The van der Waals surface area contributed by atoms with Crippen molar-refractivity contribution >= 4 is 17.0 Å². The number of benzene rings is 2. The van der Waals surface area contributed by atoms with Crippen molar-refractivity contribution in [1.29, 1.82) is 0 Å². The highest BCUT2D eigenvalue weighted by molar-refractivity contribution is 5.84. The number of halogens is 4. The molecule has 5 rings (SSSR count). The minimum Gasteiger partial charge on any atom is -0.497 e. The molecule has 7 nitrogen and oxygen atoms in total. The van der Waals surface area contributed by atoms with Crippen LogP contribution < -0.4 is 15.4 Å². The van der Waals surface area contributed by atoms with Gasteiger partial charge in [-0.3, -0.25) is 4.57 Å². The smallest absolute Gasteiger partial charge is 0.419 e. The molecule has 1 aliphatic heterocycles. The third-order valence-electron chi connectivity index (χ3n) is 5.89. The van der Waals surface area contributed by atoms with Crippen LogP contribution >= 0.6 is 0 Å². The zero-order valence-corrected chi connectivity index (χ0v) is 18.7. The third-order valence-corrected chi connectivity index (χ3v) is 5.89. The van der Waals surface area contributed by atoms with Crippen LogP contribution in [-0.4, -0.2) is 45.8 Å². The summed E-state index contributed by atoms with van der Waals surface area (Å²) in [5, 5.41) is 6.63. The van der Waals surface area contributed by atoms with E-state index in [-0.39, 0.29) is 17.4 Å². The van der Waals surface area contributed by atoms with Crippen LogP contribution in [-0.2, 0) is 6.18 Å². The Morgan fingerprint density at radius 3 is 2.71 bits per heavy atom. The van der Waals surface area contributed by atoms with Gasteiger partial charge < -0.3 is 15.4 Å². The summed E-state index contributed by atoms with van der Waals surface area (Å²) >= 11 is 0. The Balaban J connectivity index is 1.65. The molecular weight excluding hydrogens is 464 g/mol. The fourth-order valence-electron chi connectivity index (χ4n) is 4.20. The van der Waals surface area contributed by atoms with E-state index < -0.39 is 17.6 Å². The number of fused-ring (bicyclic) bond motifs is 1. The van der Waals surface area contributed by atoms with E-state index in [1.807, 2.05) is 0 Å². The zero-order chi connectivity index (χ0) is 24.6. The van der Waals surface area contributed by atoms with E-state index in [1.165, 1.54) is 13.2 Å². The molecule has 0 spiro atoms. The lowest BCUT2D eigenvalue weighted by Gasteiger charge is -2.23. The fraction of sp³-hybridized carbons (Fsp3) is 0.292. The van der Waals surface area contributed by atoms with Gasteiger partial charge >= 0.3 is 6.18 Å². The van der Waals surface area contributed by atoms with Crippen LogP contribution in [0.15, 0.2) is 48.7 Å². The van der Waals surface area contributed by atoms with Crippen LogP contribution in [0.25, 0.3) is 28.2 Å². The first-order valence-corrected chi connectivity index (χ1v) is 11.1. The molecule has 1 fully saturated rings. The number of alkyl halides is 3. The summed E-state index contributed by atoms with van der Waals surface area (Å²) in [4.78, 5) is 13.5. The number of nitrogens with one attached hydrogen (secondary N) is 2. The average molecular weight is 486 g/mol. The Morgan fingerprint density at radius 1 is 1.11 bits per heavy atom. The second-order valence-electron chi connectivity index (χ2n) is 8.24. The number of imidazole rings is 1. The van der Waals surface area contributed by atoms with Crippen molar-refractivity contribution < 1.29 is 22.3 Å². The molecule has 2 N–H and O–H groups in total. The Hall–Kier alpha value is -3.73. The lowest BCUT2D eigenvalue weighted by molar-refractivity contribution is -0.139. The van der Waals surface area contributed by atoms with E-state index >= 15 is 0 Å². The molecule has 182 valence electrons. The monoisotopic (exact) mass is 486 g/mol. The minimum atomic E-state index is -4.85. The largest absolute Gasteiger partial charge is 0.497 e. The lowest BCUT2D eigenvalue weighted by atomic mass is 10.1. The van der Waals surface area contributed by atoms with Gasteiger partial charge in [0.1, 0.15) is 23.2 Å². The van der Waals surface area contributed by atoms with Crippen molar-refractivity contribution in [2.24, 2.45) is 0 Å². The Morgan fingerprint density at radius 2 is 1.97 bits per heavy atom. The molecule has 0 bridgehead atoms. The van der Waals surface area contributed by atoms with Gasteiger partial charge in [0, 0.05) is 30.4 Å². The summed E-state index contributed by atoms with van der Waals surface area (Å²) in [6.07, 6.45) is -1.27. The summed E-state index contributed by atoms with van der Waals surface area (Å²) in [6.45, 7) is 1.74. The topological polar surface area (TPSA) is 76.9 Å². The molecule has 11 heteroatoms.